The molecule has 2 fully saturated rings. The Morgan fingerprint density at radius 1 is 1.08 bits per heavy atom. The first-order valence-electron chi connectivity index (χ1n) is 13.5. The average molecular weight is 544 g/mol. The molecule has 9 heteroatoms. The highest BCUT2D eigenvalue weighted by atomic mass is 32.2. The molecule has 0 saturated carbocycles. The fourth-order valence-corrected chi connectivity index (χ4v) is 7.98. The van der Waals surface area contributed by atoms with E-state index < -0.39 is 16.1 Å². The maximum atomic E-state index is 13.9. The van der Waals surface area contributed by atoms with Gasteiger partial charge < -0.3 is 14.8 Å². The SMILES string of the molecule is CNC(=O)C(OCC1CCCCN1S(=O)(=O)c1c(C)cc(OC)cc1C)[C@H]1CCN(Cc2ccccc2)C1. The van der Waals surface area contributed by atoms with E-state index in [9.17, 15) is 13.2 Å². The number of nitrogens with one attached hydrogen (secondary N) is 1. The van der Waals surface area contributed by atoms with Crippen LogP contribution >= 0.6 is 0 Å². The summed E-state index contributed by atoms with van der Waals surface area (Å²) < 4.78 is 41.0. The van der Waals surface area contributed by atoms with E-state index in [1.807, 2.05) is 18.2 Å². The molecular formula is C29H41N3O5S. The molecule has 2 aliphatic heterocycles. The molecule has 208 valence electrons. The van der Waals surface area contributed by atoms with E-state index in [-0.39, 0.29) is 24.5 Å². The Balaban J connectivity index is 1.47. The Bertz CT molecular complexity index is 1180. The van der Waals surface area contributed by atoms with Crippen molar-refractivity contribution < 1.29 is 22.7 Å². The van der Waals surface area contributed by atoms with Crippen molar-refractivity contribution in [3.05, 3.63) is 59.2 Å². The maximum absolute atomic E-state index is 13.9. The number of sulfonamides is 1. The first-order valence-corrected chi connectivity index (χ1v) is 14.9. The second-order valence-electron chi connectivity index (χ2n) is 10.5. The van der Waals surface area contributed by atoms with Crippen molar-refractivity contribution in [3.8, 4) is 5.75 Å². The number of likely N-dealkylation sites (tertiary alicyclic amines) is 1. The first-order chi connectivity index (χ1) is 18.2. The molecule has 4 rings (SSSR count). The minimum Gasteiger partial charge on any atom is -0.497 e. The second kappa shape index (κ2) is 12.6. The summed E-state index contributed by atoms with van der Waals surface area (Å²) in [7, 11) is -0.540. The van der Waals surface area contributed by atoms with Crippen LogP contribution in [0.25, 0.3) is 0 Å². The third-order valence-corrected chi connectivity index (χ3v) is 10.0. The Morgan fingerprint density at radius 2 is 1.79 bits per heavy atom. The van der Waals surface area contributed by atoms with Crippen molar-refractivity contribution in [2.45, 2.75) is 63.1 Å². The van der Waals surface area contributed by atoms with Crippen molar-refractivity contribution in [1.82, 2.24) is 14.5 Å². The highest BCUT2D eigenvalue weighted by Gasteiger charge is 2.39. The Labute approximate surface area is 227 Å². The van der Waals surface area contributed by atoms with E-state index in [0.717, 1.165) is 38.9 Å². The molecule has 0 aromatic heterocycles. The normalized spacial score (nSPS) is 21.8. The number of likely N-dealkylation sites (N-methyl/N-ethyl adjacent to an activating group) is 1. The van der Waals surface area contributed by atoms with Gasteiger partial charge >= 0.3 is 0 Å². The summed E-state index contributed by atoms with van der Waals surface area (Å²) >= 11 is 0. The first kappa shape index (κ1) is 28.5. The maximum Gasteiger partial charge on any atom is 0.249 e. The number of rotatable bonds is 10. The van der Waals surface area contributed by atoms with Crippen molar-refractivity contribution in [3.63, 3.8) is 0 Å². The van der Waals surface area contributed by atoms with Crippen LogP contribution in [-0.4, -0.2) is 76.1 Å². The number of carbonyl (C=O) groups is 1. The van der Waals surface area contributed by atoms with Crippen molar-refractivity contribution >= 4 is 15.9 Å². The monoisotopic (exact) mass is 543 g/mol. The molecule has 2 aromatic carbocycles. The predicted octanol–water partition coefficient (Wildman–Crippen LogP) is 3.51. The molecule has 0 bridgehead atoms. The third kappa shape index (κ3) is 6.39. The summed E-state index contributed by atoms with van der Waals surface area (Å²) in [5, 5.41) is 2.76. The van der Waals surface area contributed by atoms with E-state index >= 15 is 0 Å². The molecule has 3 atom stereocenters. The van der Waals surface area contributed by atoms with Crippen LogP contribution in [0.4, 0.5) is 0 Å². The van der Waals surface area contributed by atoms with Crippen LogP contribution in [0.5, 0.6) is 5.75 Å². The van der Waals surface area contributed by atoms with E-state index in [1.54, 1.807) is 44.4 Å². The fraction of sp³-hybridized carbons (Fsp3) is 0.552. The Morgan fingerprint density at radius 3 is 2.45 bits per heavy atom. The lowest BCUT2D eigenvalue weighted by Crippen LogP contribution is -2.49. The summed E-state index contributed by atoms with van der Waals surface area (Å²) in [5.41, 5.74) is 2.58. The van der Waals surface area contributed by atoms with Gasteiger partial charge in [-0.1, -0.05) is 36.8 Å². The highest BCUT2D eigenvalue weighted by Crippen LogP contribution is 2.32. The lowest BCUT2D eigenvalue weighted by molar-refractivity contribution is -0.137. The van der Waals surface area contributed by atoms with E-state index in [0.29, 0.717) is 34.7 Å². The quantitative estimate of drug-likeness (QED) is 0.494. The van der Waals surface area contributed by atoms with Gasteiger partial charge in [-0.3, -0.25) is 9.69 Å². The van der Waals surface area contributed by atoms with Crippen LogP contribution in [0.1, 0.15) is 42.4 Å². The van der Waals surface area contributed by atoms with Crippen molar-refractivity contribution in [2.75, 3.05) is 40.4 Å². The molecule has 1 N–H and O–H groups in total. The fourth-order valence-electron chi connectivity index (χ4n) is 5.89. The number of amides is 1. The molecule has 0 radical (unpaired) electrons. The number of methoxy groups -OCH3 is 1. The van der Waals surface area contributed by atoms with Gasteiger partial charge in [0.1, 0.15) is 11.9 Å². The van der Waals surface area contributed by atoms with Gasteiger partial charge in [0.2, 0.25) is 15.9 Å². The largest absolute Gasteiger partial charge is 0.497 e. The number of piperidine rings is 1. The van der Waals surface area contributed by atoms with Gasteiger partial charge in [-0.05, 0) is 68.5 Å². The molecule has 38 heavy (non-hydrogen) atoms. The molecule has 2 aliphatic rings. The number of aryl methyl sites for hydroxylation is 2. The minimum atomic E-state index is -3.74. The summed E-state index contributed by atoms with van der Waals surface area (Å²) in [5.74, 6) is 0.547. The van der Waals surface area contributed by atoms with Gasteiger partial charge in [0.25, 0.3) is 0 Å². The van der Waals surface area contributed by atoms with Gasteiger partial charge in [0, 0.05) is 38.6 Å². The van der Waals surface area contributed by atoms with Gasteiger partial charge in [0.05, 0.1) is 18.6 Å². The van der Waals surface area contributed by atoms with E-state index in [4.69, 9.17) is 9.47 Å². The van der Waals surface area contributed by atoms with Crippen molar-refractivity contribution in [2.24, 2.45) is 5.92 Å². The second-order valence-corrected chi connectivity index (χ2v) is 12.3. The Hall–Kier alpha value is -2.46. The highest BCUT2D eigenvalue weighted by molar-refractivity contribution is 7.89. The number of ether oxygens (including phenoxy) is 2. The van der Waals surface area contributed by atoms with Gasteiger partial charge in [0.15, 0.2) is 0 Å². The lowest BCUT2D eigenvalue weighted by Gasteiger charge is -2.36. The summed E-state index contributed by atoms with van der Waals surface area (Å²) in [6.07, 6.45) is 2.69. The average Bonchev–Trinajstić information content (AvgIpc) is 3.36. The molecule has 2 unspecified atom stereocenters. The van der Waals surface area contributed by atoms with E-state index in [2.05, 4.69) is 22.3 Å². The van der Waals surface area contributed by atoms with Crippen LogP contribution in [0.2, 0.25) is 0 Å². The number of nitrogens with zero attached hydrogens (tertiary/aromatic N) is 2. The number of hydrogen-bond donors (Lipinski definition) is 1. The molecular weight excluding hydrogens is 502 g/mol. The van der Waals surface area contributed by atoms with Gasteiger partial charge in [-0.15, -0.1) is 0 Å². The van der Waals surface area contributed by atoms with Crippen molar-refractivity contribution in [1.29, 1.82) is 0 Å². The molecule has 1 amide bonds. The van der Waals surface area contributed by atoms with Crippen LogP contribution < -0.4 is 10.1 Å². The smallest absolute Gasteiger partial charge is 0.249 e. The topological polar surface area (TPSA) is 88.2 Å². The molecule has 0 aliphatic carbocycles. The van der Waals surface area contributed by atoms with Crippen LogP contribution in [0.3, 0.4) is 0 Å². The number of benzene rings is 2. The van der Waals surface area contributed by atoms with Gasteiger partial charge in [-0.2, -0.15) is 4.31 Å². The lowest BCUT2D eigenvalue weighted by atomic mass is 10.00. The van der Waals surface area contributed by atoms with Gasteiger partial charge in [-0.25, -0.2) is 8.42 Å². The van der Waals surface area contributed by atoms with Crippen LogP contribution in [0, 0.1) is 19.8 Å². The molecule has 0 spiro atoms. The Kier molecular flexibility index (Phi) is 9.46. The summed E-state index contributed by atoms with van der Waals surface area (Å²) in [6, 6.07) is 13.5. The molecule has 8 nitrogen and oxygen atoms in total. The third-order valence-electron chi connectivity index (χ3n) is 7.77. The summed E-state index contributed by atoms with van der Waals surface area (Å²) in [6.45, 7) is 6.76. The molecule has 2 saturated heterocycles. The van der Waals surface area contributed by atoms with Crippen LogP contribution in [0.15, 0.2) is 47.4 Å². The molecule has 2 heterocycles. The number of carbonyl (C=O) groups excluding carboxylic acids is 1. The zero-order valence-electron chi connectivity index (χ0n) is 23.0. The molecule has 2 aromatic rings. The summed E-state index contributed by atoms with van der Waals surface area (Å²) in [4.78, 5) is 15.6. The predicted molar refractivity (Wildman–Crippen MR) is 148 cm³/mol. The number of hydrogen-bond acceptors (Lipinski definition) is 6. The van der Waals surface area contributed by atoms with Crippen LogP contribution in [-0.2, 0) is 26.1 Å². The standard InChI is InChI=1S/C29H41N3O5S/c1-21-16-26(36-4)17-22(2)28(21)38(34,35)32-14-9-8-12-25(32)20-37-27(29(33)30-3)24-13-15-31(19-24)18-23-10-6-5-7-11-23/h5-7,10-11,16-17,24-25,27H,8-9,12-15,18-20H2,1-4H3,(H,30,33)/t24-,25?,27?/m0/s1. The minimum absolute atomic E-state index is 0.0541. The van der Waals surface area contributed by atoms with E-state index in [1.165, 1.54) is 5.56 Å². The zero-order chi connectivity index (χ0) is 27.3. The zero-order valence-corrected chi connectivity index (χ0v) is 23.8.